The van der Waals surface area contributed by atoms with E-state index in [4.69, 9.17) is 0 Å². The van der Waals surface area contributed by atoms with Crippen molar-refractivity contribution in [2.45, 2.75) is 37.9 Å². The SMILES string of the molecule is CC(NC(=O)c1cc(C2CC2)nc(C(F)(F)F)c1)c1ncnn1-c1ncccc1C#N. The number of carbonyl (C=O) groups is 1. The number of nitrogens with zero attached hydrogens (tertiary/aromatic N) is 6. The van der Waals surface area contributed by atoms with Crippen LogP contribution in [0.5, 0.6) is 0 Å². The van der Waals surface area contributed by atoms with Gasteiger partial charge in [-0.05, 0) is 44.0 Å². The Bertz CT molecular complexity index is 1180. The van der Waals surface area contributed by atoms with Crippen LogP contribution in [0.15, 0.2) is 36.8 Å². The lowest BCUT2D eigenvalue weighted by Gasteiger charge is -2.16. The average molecular weight is 427 g/mol. The van der Waals surface area contributed by atoms with Gasteiger partial charge in [0.05, 0.1) is 11.6 Å². The van der Waals surface area contributed by atoms with Crippen molar-refractivity contribution in [1.29, 1.82) is 5.26 Å². The van der Waals surface area contributed by atoms with Crippen molar-refractivity contribution in [3.05, 3.63) is 65.1 Å². The lowest BCUT2D eigenvalue weighted by molar-refractivity contribution is -0.141. The monoisotopic (exact) mass is 427 g/mol. The molecule has 0 bridgehead atoms. The Labute approximate surface area is 174 Å². The fourth-order valence-corrected chi connectivity index (χ4v) is 3.12. The van der Waals surface area contributed by atoms with Crippen LogP contribution in [-0.4, -0.2) is 30.6 Å². The molecule has 31 heavy (non-hydrogen) atoms. The molecule has 158 valence electrons. The summed E-state index contributed by atoms with van der Waals surface area (Å²) in [7, 11) is 0. The predicted molar refractivity (Wildman–Crippen MR) is 101 cm³/mol. The van der Waals surface area contributed by atoms with E-state index in [1.165, 1.54) is 23.3 Å². The summed E-state index contributed by atoms with van der Waals surface area (Å²) in [6, 6.07) is 6.58. The number of pyridine rings is 2. The van der Waals surface area contributed by atoms with Gasteiger partial charge in [0, 0.05) is 23.4 Å². The first-order chi connectivity index (χ1) is 14.8. The number of halogens is 3. The Morgan fingerprint density at radius 2 is 2.10 bits per heavy atom. The second-order valence-corrected chi connectivity index (χ2v) is 7.15. The van der Waals surface area contributed by atoms with Gasteiger partial charge in [-0.1, -0.05) is 0 Å². The smallest absolute Gasteiger partial charge is 0.342 e. The molecule has 1 fully saturated rings. The zero-order valence-electron chi connectivity index (χ0n) is 16.3. The number of hydrogen-bond acceptors (Lipinski definition) is 6. The van der Waals surface area contributed by atoms with E-state index in [0.29, 0.717) is 0 Å². The van der Waals surface area contributed by atoms with Gasteiger partial charge in [0.1, 0.15) is 18.1 Å². The van der Waals surface area contributed by atoms with E-state index < -0.39 is 23.8 Å². The van der Waals surface area contributed by atoms with Gasteiger partial charge >= 0.3 is 6.18 Å². The molecule has 8 nitrogen and oxygen atoms in total. The number of aromatic nitrogens is 5. The number of hydrogen-bond donors (Lipinski definition) is 1. The highest BCUT2D eigenvalue weighted by atomic mass is 19.4. The molecule has 3 heterocycles. The Hall–Kier alpha value is -3.81. The standard InChI is InChI=1S/C20H16F3N7O/c1-11(17-26-10-27-30(17)18-13(9-24)3-2-6-25-18)28-19(31)14-7-15(12-4-5-12)29-16(8-14)20(21,22)23/h2-3,6-8,10-12H,4-5H2,1H3,(H,28,31). The van der Waals surface area contributed by atoms with E-state index in [0.717, 1.165) is 18.9 Å². The van der Waals surface area contributed by atoms with Crippen LogP contribution in [0.1, 0.15) is 64.9 Å². The van der Waals surface area contributed by atoms with Gasteiger partial charge in [0.2, 0.25) is 0 Å². The Balaban J connectivity index is 1.62. The maximum Gasteiger partial charge on any atom is 0.433 e. The fourth-order valence-electron chi connectivity index (χ4n) is 3.12. The summed E-state index contributed by atoms with van der Waals surface area (Å²) in [5, 5.41) is 16.0. The van der Waals surface area contributed by atoms with Crippen molar-refractivity contribution in [1.82, 2.24) is 30.0 Å². The van der Waals surface area contributed by atoms with Crippen molar-refractivity contribution in [2.75, 3.05) is 0 Å². The first-order valence-electron chi connectivity index (χ1n) is 9.43. The minimum atomic E-state index is -4.65. The van der Waals surface area contributed by atoms with Gasteiger partial charge in [-0.15, -0.1) is 0 Å². The molecule has 0 saturated heterocycles. The molecule has 1 saturated carbocycles. The molecule has 1 aliphatic rings. The van der Waals surface area contributed by atoms with Crippen molar-refractivity contribution in [3.63, 3.8) is 0 Å². The second kappa shape index (κ2) is 7.79. The average Bonchev–Trinajstić information content (AvgIpc) is 3.49. The van der Waals surface area contributed by atoms with Gasteiger partial charge < -0.3 is 5.32 Å². The lowest BCUT2D eigenvalue weighted by Crippen LogP contribution is -2.29. The fraction of sp³-hybridized carbons (Fsp3) is 0.300. The Morgan fingerprint density at radius 3 is 2.77 bits per heavy atom. The number of carbonyl (C=O) groups excluding carboxylic acids is 1. The molecule has 4 rings (SSSR count). The highest BCUT2D eigenvalue weighted by Crippen LogP contribution is 2.40. The van der Waals surface area contributed by atoms with Crippen LogP contribution in [0.25, 0.3) is 5.82 Å². The zero-order valence-corrected chi connectivity index (χ0v) is 16.3. The molecule has 1 unspecified atom stereocenters. The van der Waals surface area contributed by atoms with E-state index in [1.54, 1.807) is 19.1 Å². The van der Waals surface area contributed by atoms with Crippen molar-refractivity contribution < 1.29 is 18.0 Å². The lowest BCUT2D eigenvalue weighted by atomic mass is 10.1. The number of amides is 1. The number of alkyl halides is 3. The summed E-state index contributed by atoms with van der Waals surface area (Å²) in [6.45, 7) is 1.61. The minimum Gasteiger partial charge on any atom is -0.342 e. The third-order valence-electron chi connectivity index (χ3n) is 4.81. The van der Waals surface area contributed by atoms with Crippen molar-refractivity contribution >= 4 is 5.91 Å². The maximum absolute atomic E-state index is 13.2. The van der Waals surface area contributed by atoms with Gasteiger partial charge in [-0.2, -0.15) is 28.2 Å². The van der Waals surface area contributed by atoms with Crippen LogP contribution in [0.3, 0.4) is 0 Å². The normalized spacial score (nSPS) is 14.7. The zero-order chi connectivity index (χ0) is 22.2. The molecule has 0 spiro atoms. The molecule has 1 N–H and O–H groups in total. The quantitative estimate of drug-likeness (QED) is 0.669. The molecule has 0 aromatic carbocycles. The summed E-state index contributed by atoms with van der Waals surface area (Å²) in [5.74, 6) is -0.240. The highest BCUT2D eigenvalue weighted by Gasteiger charge is 2.36. The van der Waals surface area contributed by atoms with Crippen LogP contribution in [-0.2, 0) is 6.18 Å². The molecule has 1 atom stereocenters. The van der Waals surface area contributed by atoms with Crippen molar-refractivity contribution in [2.24, 2.45) is 0 Å². The van der Waals surface area contributed by atoms with Crippen LogP contribution in [0, 0.1) is 11.3 Å². The number of nitrogens with one attached hydrogen (secondary N) is 1. The summed E-state index contributed by atoms with van der Waals surface area (Å²) in [6.07, 6.45) is -0.425. The molecular weight excluding hydrogens is 411 g/mol. The van der Waals surface area contributed by atoms with Crippen LogP contribution in [0.2, 0.25) is 0 Å². The summed E-state index contributed by atoms with van der Waals surface area (Å²) in [5.41, 5.74) is -0.698. The molecule has 1 amide bonds. The summed E-state index contributed by atoms with van der Waals surface area (Å²) in [4.78, 5) is 24.7. The van der Waals surface area contributed by atoms with Gasteiger partial charge in [-0.25, -0.2) is 15.0 Å². The third-order valence-corrected chi connectivity index (χ3v) is 4.81. The van der Waals surface area contributed by atoms with Gasteiger partial charge in [-0.3, -0.25) is 4.79 Å². The first-order valence-corrected chi connectivity index (χ1v) is 9.43. The molecule has 0 radical (unpaired) electrons. The van der Waals surface area contributed by atoms with Gasteiger partial charge in [0.15, 0.2) is 11.6 Å². The van der Waals surface area contributed by atoms with Crippen LogP contribution >= 0.6 is 0 Å². The van der Waals surface area contributed by atoms with Crippen LogP contribution < -0.4 is 5.32 Å². The number of rotatable bonds is 5. The minimum absolute atomic E-state index is 0.0528. The molecule has 11 heteroatoms. The van der Waals surface area contributed by atoms with Crippen LogP contribution in [0.4, 0.5) is 13.2 Å². The third kappa shape index (κ3) is 4.23. The highest BCUT2D eigenvalue weighted by molar-refractivity contribution is 5.94. The predicted octanol–water partition coefficient (Wildman–Crippen LogP) is 3.32. The molecule has 0 aliphatic heterocycles. The molecule has 1 aliphatic carbocycles. The topological polar surface area (TPSA) is 109 Å². The largest absolute Gasteiger partial charge is 0.433 e. The van der Waals surface area contributed by atoms with E-state index in [9.17, 15) is 23.2 Å². The molecule has 3 aromatic rings. The van der Waals surface area contributed by atoms with Crippen molar-refractivity contribution in [3.8, 4) is 11.9 Å². The van der Waals surface area contributed by atoms with E-state index in [-0.39, 0.29) is 34.4 Å². The summed E-state index contributed by atoms with van der Waals surface area (Å²) >= 11 is 0. The maximum atomic E-state index is 13.2. The summed E-state index contributed by atoms with van der Waals surface area (Å²) < 4.78 is 41.0. The molecular formula is C20H16F3N7O. The van der Waals surface area contributed by atoms with E-state index in [1.807, 2.05) is 6.07 Å². The number of nitriles is 1. The van der Waals surface area contributed by atoms with E-state index >= 15 is 0 Å². The Morgan fingerprint density at radius 1 is 1.32 bits per heavy atom. The molecule has 3 aromatic heterocycles. The second-order valence-electron chi connectivity index (χ2n) is 7.15. The van der Waals surface area contributed by atoms with E-state index in [2.05, 4.69) is 25.4 Å². The van der Waals surface area contributed by atoms with Gasteiger partial charge in [0.25, 0.3) is 5.91 Å². The first kappa shape index (κ1) is 20.5. The Kier molecular flexibility index (Phi) is 5.14.